The molecular weight excluding hydrogens is 441 g/mol. The van der Waals surface area contributed by atoms with Crippen LogP contribution in [0.25, 0.3) is 0 Å². The third kappa shape index (κ3) is 7.28. The Bertz CT molecular complexity index is 918. The van der Waals surface area contributed by atoms with Crippen LogP contribution in [0.4, 0.5) is 13.2 Å². The molecule has 0 aliphatic carbocycles. The summed E-state index contributed by atoms with van der Waals surface area (Å²) < 4.78 is 42.1. The molecule has 1 amide bonds. The summed E-state index contributed by atoms with van der Waals surface area (Å²) in [5.74, 6) is -0.0281. The highest BCUT2D eigenvalue weighted by atomic mass is 35.5. The fraction of sp³-hybridized carbons (Fsp3) is 0.375. The number of hydrogen-bond acceptors (Lipinski definition) is 3. The van der Waals surface area contributed by atoms with Crippen molar-refractivity contribution in [2.75, 3.05) is 20.2 Å². The van der Waals surface area contributed by atoms with Crippen molar-refractivity contribution in [1.29, 1.82) is 0 Å². The zero-order chi connectivity index (χ0) is 23.7. The van der Waals surface area contributed by atoms with Crippen LogP contribution in [0.1, 0.15) is 40.7 Å². The lowest BCUT2D eigenvalue weighted by atomic mass is 9.95. The van der Waals surface area contributed by atoms with E-state index in [9.17, 15) is 18.0 Å². The van der Waals surface area contributed by atoms with E-state index in [0.717, 1.165) is 36.9 Å². The van der Waals surface area contributed by atoms with Gasteiger partial charge in [0, 0.05) is 12.6 Å². The van der Waals surface area contributed by atoms with Crippen LogP contribution < -0.4 is 10.5 Å². The van der Waals surface area contributed by atoms with E-state index in [0.29, 0.717) is 6.04 Å². The summed E-state index contributed by atoms with van der Waals surface area (Å²) >= 11 is 5.37. The van der Waals surface area contributed by atoms with E-state index >= 15 is 0 Å². The number of benzene rings is 2. The van der Waals surface area contributed by atoms with Gasteiger partial charge in [-0.05, 0) is 55.6 Å². The first-order chi connectivity index (χ1) is 15.2. The summed E-state index contributed by atoms with van der Waals surface area (Å²) in [6.07, 6.45) is 2.52. The highest BCUT2D eigenvalue weighted by Crippen LogP contribution is 2.36. The van der Waals surface area contributed by atoms with Crippen LogP contribution >= 0.6 is 11.6 Å². The molecule has 1 saturated heterocycles. The van der Waals surface area contributed by atoms with Crippen LogP contribution in [0.3, 0.4) is 0 Å². The van der Waals surface area contributed by atoms with Gasteiger partial charge in [0.25, 0.3) is 0 Å². The van der Waals surface area contributed by atoms with Gasteiger partial charge in [-0.2, -0.15) is 13.2 Å². The van der Waals surface area contributed by atoms with Crippen LogP contribution in [0, 0.1) is 0 Å². The standard InChI is InChI=1S/C16H23NO.C8H5ClF3NO/c1-3-10-17-11-5-4-8-15(17)12-14-7-6-9-16(13-14)18-2;9-6-4(7(13)14)2-1-3-5(6)8(10,11)12/h3,6-7,9,13,15H,1,4-5,8,10-12H2,2H3;1-3H,(H2,13,14). The number of hydrogen-bond donors (Lipinski definition) is 1. The van der Waals surface area contributed by atoms with Crippen molar-refractivity contribution in [1.82, 2.24) is 4.90 Å². The molecule has 0 radical (unpaired) electrons. The number of alkyl halides is 3. The molecule has 0 bridgehead atoms. The molecule has 2 aromatic rings. The third-order valence-electron chi connectivity index (χ3n) is 5.29. The van der Waals surface area contributed by atoms with Gasteiger partial charge in [0.15, 0.2) is 0 Å². The minimum atomic E-state index is -4.58. The second-order valence-electron chi connectivity index (χ2n) is 7.52. The van der Waals surface area contributed by atoms with E-state index in [1.54, 1.807) is 7.11 Å². The first-order valence-corrected chi connectivity index (χ1v) is 10.7. The molecule has 3 rings (SSSR count). The van der Waals surface area contributed by atoms with Crippen LogP contribution in [-0.2, 0) is 12.6 Å². The van der Waals surface area contributed by atoms with E-state index < -0.39 is 22.7 Å². The van der Waals surface area contributed by atoms with Crippen LogP contribution in [0.5, 0.6) is 5.75 Å². The van der Waals surface area contributed by atoms with Gasteiger partial charge < -0.3 is 10.5 Å². The average molecular weight is 469 g/mol. The Morgan fingerprint density at radius 2 is 2.00 bits per heavy atom. The number of carbonyl (C=O) groups excluding carboxylic acids is 1. The molecule has 2 N–H and O–H groups in total. The van der Waals surface area contributed by atoms with Crippen molar-refractivity contribution >= 4 is 17.5 Å². The predicted molar refractivity (Wildman–Crippen MR) is 121 cm³/mol. The van der Waals surface area contributed by atoms with E-state index in [-0.39, 0.29) is 5.56 Å². The molecule has 8 heteroatoms. The minimum absolute atomic E-state index is 0.332. The first kappa shape index (κ1) is 25.7. The Morgan fingerprint density at radius 3 is 2.62 bits per heavy atom. The lowest BCUT2D eigenvalue weighted by molar-refractivity contribution is -0.137. The molecule has 32 heavy (non-hydrogen) atoms. The molecule has 2 aromatic carbocycles. The van der Waals surface area contributed by atoms with Gasteiger partial charge in [-0.25, -0.2) is 0 Å². The third-order valence-corrected chi connectivity index (χ3v) is 5.69. The number of nitrogens with two attached hydrogens (primary N) is 1. The zero-order valence-corrected chi connectivity index (χ0v) is 18.8. The van der Waals surface area contributed by atoms with E-state index in [1.165, 1.54) is 31.4 Å². The molecule has 0 spiro atoms. The van der Waals surface area contributed by atoms with E-state index in [4.69, 9.17) is 22.1 Å². The van der Waals surface area contributed by atoms with Gasteiger partial charge in [0.05, 0.1) is 23.3 Å². The van der Waals surface area contributed by atoms with Crippen molar-refractivity contribution in [2.45, 2.75) is 37.9 Å². The molecule has 1 heterocycles. The van der Waals surface area contributed by atoms with Gasteiger partial charge in [-0.15, -0.1) is 6.58 Å². The smallest absolute Gasteiger partial charge is 0.417 e. The minimum Gasteiger partial charge on any atom is -0.497 e. The highest BCUT2D eigenvalue weighted by Gasteiger charge is 2.34. The van der Waals surface area contributed by atoms with Crippen LogP contribution in [-0.4, -0.2) is 37.0 Å². The maximum absolute atomic E-state index is 12.3. The van der Waals surface area contributed by atoms with Gasteiger partial charge in [0.2, 0.25) is 5.91 Å². The molecule has 0 saturated carbocycles. The topological polar surface area (TPSA) is 55.6 Å². The SMILES string of the molecule is C=CCN1CCCCC1Cc1cccc(OC)c1.NC(=O)c1cccc(C(F)(F)F)c1Cl. The monoisotopic (exact) mass is 468 g/mol. The number of methoxy groups -OCH3 is 1. The molecule has 1 unspecified atom stereocenters. The molecule has 1 fully saturated rings. The Morgan fingerprint density at radius 1 is 1.28 bits per heavy atom. The fourth-order valence-corrected chi connectivity index (χ4v) is 4.04. The van der Waals surface area contributed by atoms with Crippen molar-refractivity contribution < 1.29 is 22.7 Å². The lowest BCUT2D eigenvalue weighted by Gasteiger charge is -2.35. The Kier molecular flexibility index (Phi) is 9.60. The van der Waals surface area contributed by atoms with Gasteiger partial charge in [0.1, 0.15) is 5.75 Å². The molecule has 0 aromatic heterocycles. The summed E-state index contributed by atoms with van der Waals surface area (Å²) in [7, 11) is 1.73. The number of piperidine rings is 1. The quantitative estimate of drug-likeness (QED) is 0.550. The van der Waals surface area contributed by atoms with Crippen molar-refractivity contribution in [3.8, 4) is 5.75 Å². The molecule has 1 aliphatic rings. The number of rotatable bonds is 6. The maximum Gasteiger partial charge on any atom is 0.417 e. The number of halogens is 4. The fourth-order valence-electron chi connectivity index (χ4n) is 3.71. The Balaban J connectivity index is 0.000000235. The number of amides is 1. The molecule has 174 valence electrons. The van der Waals surface area contributed by atoms with Gasteiger partial charge in [-0.3, -0.25) is 9.69 Å². The number of nitrogens with zero attached hydrogens (tertiary/aromatic N) is 1. The second-order valence-corrected chi connectivity index (χ2v) is 7.90. The molecule has 1 aliphatic heterocycles. The molecule has 1 atom stereocenters. The Labute approximate surface area is 191 Å². The lowest BCUT2D eigenvalue weighted by Crippen LogP contribution is -2.40. The maximum atomic E-state index is 12.3. The van der Waals surface area contributed by atoms with Crippen LogP contribution in [0.15, 0.2) is 55.1 Å². The largest absolute Gasteiger partial charge is 0.497 e. The first-order valence-electron chi connectivity index (χ1n) is 10.3. The second kappa shape index (κ2) is 11.9. The van der Waals surface area contributed by atoms with Gasteiger partial charge in [-0.1, -0.05) is 42.3 Å². The van der Waals surface area contributed by atoms with E-state index in [1.807, 2.05) is 12.1 Å². The number of carbonyl (C=O) groups is 1. The van der Waals surface area contributed by atoms with Crippen LogP contribution in [0.2, 0.25) is 5.02 Å². The number of likely N-dealkylation sites (tertiary alicyclic amines) is 1. The number of ether oxygens (including phenoxy) is 1. The molecular formula is C24H28ClF3N2O2. The van der Waals surface area contributed by atoms with Crippen molar-refractivity contribution in [2.24, 2.45) is 5.73 Å². The summed E-state index contributed by atoms with van der Waals surface area (Å²) in [5.41, 5.74) is 4.81. The zero-order valence-electron chi connectivity index (χ0n) is 18.0. The summed E-state index contributed by atoms with van der Waals surface area (Å²) in [6, 6.07) is 12.1. The summed E-state index contributed by atoms with van der Waals surface area (Å²) in [4.78, 5) is 13.2. The summed E-state index contributed by atoms with van der Waals surface area (Å²) in [5, 5.41) is -0.660. The predicted octanol–water partition coefficient (Wildman–Crippen LogP) is 5.74. The number of primary amides is 1. The molecule has 4 nitrogen and oxygen atoms in total. The van der Waals surface area contributed by atoms with Crippen molar-refractivity contribution in [3.63, 3.8) is 0 Å². The normalized spacial score (nSPS) is 16.6. The Hall–Kier alpha value is -2.51. The van der Waals surface area contributed by atoms with Gasteiger partial charge >= 0.3 is 6.18 Å². The summed E-state index contributed by atoms with van der Waals surface area (Å²) in [6.45, 7) is 6.08. The van der Waals surface area contributed by atoms with Crippen molar-refractivity contribution in [3.05, 3.63) is 76.8 Å². The van der Waals surface area contributed by atoms with E-state index in [2.05, 4.69) is 29.7 Å². The average Bonchev–Trinajstić information content (AvgIpc) is 2.75. The highest BCUT2D eigenvalue weighted by molar-refractivity contribution is 6.34.